The Kier molecular flexibility index (Phi) is 7.64. The molecule has 0 unspecified atom stereocenters. The molecule has 7 aromatic rings. The molecule has 0 spiro atoms. The van der Waals surface area contributed by atoms with Gasteiger partial charge in [-0.15, -0.1) is 35.7 Å². The Labute approximate surface area is 264 Å². The molecule has 0 saturated carbocycles. The van der Waals surface area contributed by atoms with Gasteiger partial charge in [0.2, 0.25) is 0 Å². The van der Waals surface area contributed by atoms with Crippen LogP contribution in [0.5, 0.6) is 17.2 Å². The van der Waals surface area contributed by atoms with Crippen molar-refractivity contribution in [2.45, 2.75) is 20.8 Å². The van der Waals surface area contributed by atoms with Crippen LogP contribution in [-0.2, 0) is 21.1 Å². The molecule has 7 rings (SSSR count). The van der Waals surface area contributed by atoms with E-state index in [-0.39, 0.29) is 21.1 Å². The minimum absolute atomic E-state index is 0. The molecule has 0 aliphatic heterocycles. The topological polar surface area (TPSA) is 54.1 Å². The van der Waals surface area contributed by atoms with Crippen LogP contribution in [0.4, 0.5) is 0 Å². The molecular formula is C36H28N4O2Pt. The van der Waals surface area contributed by atoms with Crippen LogP contribution >= 0.6 is 0 Å². The first-order valence-corrected chi connectivity index (χ1v) is 13.8. The van der Waals surface area contributed by atoms with E-state index in [0.717, 1.165) is 67.1 Å². The van der Waals surface area contributed by atoms with Gasteiger partial charge in [0.05, 0.1) is 12.8 Å². The standard InChI is InChI=1S/C36H28N4O2.Pt/c1-23-18-27(40-25(3)36(24(2)38-40)26-10-6-5-7-11-26)20-30(19-23)42-29-14-15-32-31-12-8-9-13-33(31)39(34(32)21-29)35-22-28(41-4)16-17-37-35;/h5-19,22H,1-4H3;/q-2;+2. The van der Waals surface area contributed by atoms with Gasteiger partial charge in [-0.25, -0.2) is 4.98 Å². The molecule has 0 radical (unpaired) electrons. The first kappa shape index (κ1) is 28.4. The Morgan fingerprint density at radius 2 is 1.56 bits per heavy atom. The van der Waals surface area contributed by atoms with E-state index in [0.29, 0.717) is 11.5 Å². The fraction of sp³-hybridized carbons (Fsp3) is 0.111. The van der Waals surface area contributed by atoms with E-state index in [1.165, 1.54) is 0 Å². The Morgan fingerprint density at radius 1 is 0.767 bits per heavy atom. The molecule has 3 aromatic heterocycles. The molecule has 214 valence electrons. The number of ether oxygens (including phenoxy) is 2. The third-order valence-corrected chi connectivity index (χ3v) is 7.51. The normalized spacial score (nSPS) is 11.1. The predicted molar refractivity (Wildman–Crippen MR) is 166 cm³/mol. The first-order valence-electron chi connectivity index (χ1n) is 13.8. The summed E-state index contributed by atoms with van der Waals surface area (Å²) in [6.07, 6.45) is 1.75. The molecule has 3 heterocycles. The average molecular weight is 744 g/mol. The second-order valence-electron chi connectivity index (χ2n) is 10.3. The van der Waals surface area contributed by atoms with Crippen LogP contribution < -0.4 is 9.47 Å². The predicted octanol–water partition coefficient (Wildman–Crippen LogP) is 8.36. The molecule has 0 fully saturated rings. The average Bonchev–Trinajstić information content (AvgIpc) is 3.50. The van der Waals surface area contributed by atoms with Gasteiger partial charge in [-0.1, -0.05) is 61.0 Å². The summed E-state index contributed by atoms with van der Waals surface area (Å²) >= 11 is 0. The summed E-state index contributed by atoms with van der Waals surface area (Å²) in [7, 11) is 1.66. The summed E-state index contributed by atoms with van der Waals surface area (Å²) in [5.41, 5.74) is 8.06. The Bertz CT molecular complexity index is 2100. The number of pyridine rings is 1. The van der Waals surface area contributed by atoms with Crippen molar-refractivity contribution in [1.29, 1.82) is 0 Å². The maximum atomic E-state index is 6.41. The van der Waals surface area contributed by atoms with E-state index >= 15 is 0 Å². The molecular weight excluding hydrogens is 716 g/mol. The van der Waals surface area contributed by atoms with Crippen molar-refractivity contribution in [2.24, 2.45) is 0 Å². The molecule has 0 N–H and O–H groups in total. The van der Waals surface area contributed by atoms with E-state index in [1.807, 2.05) is 73.1 Å². The van der Waals surface area contributed by atoms with E-state index in [1.54, 1.807) is 13.3 Å². The van der Waals surface area contributed by atoms with Crippen molar-refractivity contribution in [3.8, 4) is 39.9 Å². The van der Waals surface area contributed by atoms with Crippen LogP contribution in [-0.4, -0.2) is 26.4 Å². The fourth-order valence-corrected chi connectivity index (χ4v) is 5.67. The summed E-state index contributed by atoms with van der Waals surface area (Å²) in [6.45, 7) is 6.18. The van der Waals surface area contributed by atoms with Gasteiger partial charge >= 0.3 is 21.1 Å². The van der Waals surface area contributed by atoms with Gasteiger partial charge in [0, 0.05) is 40.5 Å². The molecule has 0 aliphatic rings. The van der Waals surface area contributed by atoms with Crippen LogP contribution in [0.15, 0.2) is 97.2 Å². The summed E-state index contributed by atoms with van der Waals surface area (Å²) in [6, 6.07) is 37.4. The van der Waals surface area contributed by atoms with Crippen molar-refractivity contribution in [3.63, 3.8) is 0 Å². The minimum Gasteiger partial charge on any atom is -0.509 e. The molecule has 0 amide bonds. The number of methoxy groups -OCH3 is 1. The third kappa shape index (κ3) is 5.13. The zero-order valence-electron chi connectivity index (χ0n) is 24.2. The number of aromatic nitrogens is 4. The van der Waals surface area contributed by atoms with E-state index in [4.69, 9.17) is 14.6 Å². The summed E-state index contributed by atoms with van der Waals surface area (Å²) in [5.74, 6) is 2.66. The zero-order chi connectivity index (χ0) is 28.8. The van der Waals surface area contributed by atoms with Crippen molar-refractivity contribution in [2.75, 3.05) is 7.11 Å². The van der Waals surface area contributed by atoms with Crippen molar-refractivity contribution in [3.05, 3.63) is 126 Å². The summed E-state index contributed by atoms with van der Waals surface area (Å²) < 4.78 is 15.9. The van der Waals surface area contributed by atoms with Crippen LogP contribution in [0.1, 0.15) is 17.0 Å². The molecule has 0 saturated heterocycles. The van der Waals surface area contributed by atoms with Crippen molar-refractivity contribution >= 4 is 21.8 Å². The molecule has 7 heteroatoms. The number of hydrogen-bond donors (Lipinski definition) is 0. The van der Waals surface area contributed by atoms with Crippen molar-refractivity contribution < 1.29 is 30.5 Å². The van der Waals surface area contributed by atoms with E-state index in [2.05, 4.69) is 65.0 Å². The zero-order valence-corrected chi connectivity index (χ0v) is 26.4. The van der Waals surface area contributed by atoms with Crippen LogP contribution in [0.2, 0.25) is 0 Å². The first-order chi connectivity index (χ1) is 20.5. The molecule has 0 bridgehead atoms. The number of aryl methyl sites for hydroxylation is 2. The number of rotatable bonds is 6. The van der Waals surface area contributed by atoms with E-state index < -0.39 is 0 Å². The Balaban J connectivity index is 0.00000329. The van der Waals surface area contributed by atoms with Gasteiger partial charge in [0.15, 0.2) is 0 Å². The van der Waals surface area contributed by atoms with Crippen LogP contribution in [0.25, 0.3) is 44.4 Å². The smallest absolute Gasteiger partial charge is 0.509 e. The van der Waals surface area contributed by atoms with Crippen LogP contribution in [0.3, 0.4) is 0 Å². The van der Waals surface area contributed by atoms with Crippen LogP contribution in [0, 0.1) is 32.9 Å². The SMILES string of the molecule is COc1ccnc(-n2c3[c-]c(Oc4[c-]c(-n5nc(C)c(-c6ccccc6)c5C)cc(C)c4)ccc3c3ccccc32)c1.[Pt+2]. The summed E-state index contributed by atoms with van der Waals surface area (Å²) in [4.78, 5) is 4.65. The maximum Gasteiger partial charge on any atom is 2.00 e. The Morgan fingerprint density at radius 3 is 2.37 bits per heavy atom. The molecule has 6 nitrogen and oxygen atoms in total. The van der Waals surface area contributed by atoms with Gasteiger partial charge in [0.25, 0.3) is 0 Å². The quantitative estimate of drug-likeness (QED) is 0.161. The molecule has 4 aromatic carbocycles. The summed E-state index contributed by atoms with van der Waals surface area (Å²) in [5, 5.41) is 7.05. The van der Waals surface area contributed by atoms with Gasteiger partial charge < -0.3 is 14.0 Å². The monoisotopic (exact) mass is 743 g/mol. The number of para-hydroxylation sites is 1. The van der Waals surface area contributed by atoms with Gasteiger partial charge in [-0.05, 0) is 42.6 Å². The fourth-order valence-electron chi connectivity index (χ4n) is 5.67. The molecule has 0 atom stereocenters. The largest absolute Gasteiger partial charge is 2.00 e. The maximum absolute atomic E-state index is 6.41. The van der Waals surface area contributed by atoms with E-state index in [9.17, 15) is 0 Å². The molecule has 0 aliphatic carbocycles. The number of hydrogen-bond acceptors (Lipinski definition) is 4. The molecule has 43 heavy (non-hydrogen) atoms. The van der Waals surface area contributed by atoms with Crippen molar-refractivity contribution in [1.82, 2.24) is 19.3 Å². The van der Waals surface area contributed by atoms with Gasteiger partial charge in [-0.2, -0.15) is 16.7 Å². The second-order valence-corrected chi connectivity index (χ2v) is 10.3. The second kappa shape index (κ2) is 11.5. The van der Waals surface area contributed by atoms with Gasteiger partial charge in [-0.3, -0.25) is 4.68 Å². The Hall–Kier alpha value is -4.67. The number of fused-ring (bicyclic) bond motifs is 3. The third-order valence-electron chi connectivity index (χ3n) is 7.51. The number of benzene rings is 4. The number of nitrogens with zero attached hydrogens (tertiary/aromatic N) is 4. The van der Waals surface area contributed by atoms with Gasteiger partial charge in [0.1, 0.15) is 11.6 Å². The minimum atomic E-state index is 0.